The first-order chi connectivity index (χ1) is 12.7. The summed E-state index contributed by atoms with van der Waals surface area (Å²) in [5.74, 6) is -0.632. The fourth-order valence-electron chi connectivity index (χ4n) is 3.39. The maximum absolute atomic E-state index is 12.8. The van der Waals surface area contributed by atoms with Crippen LogP contribution in [-0.2, 0) is 19.8 Å². The van der Waals surface area contributed by atoms with E-state index in [9.17, 15) is 18.0 Å². The normalized spacial score (nSPS) is 21.9. The highest BCUT2D eigenvalue weighted by atomic mass is 35.5. The number of carbonyl (C=O) groups excluding carboxylic acids is 2. The van der Waals surface area contributed by atoms with E-state index in [-0.39, 0.29) is 31.3 Å². The number of benzene rings is 1. The highest BCUT2D eigenvalue weighted by molar-refractivity contribution is 7.86. The maximum atomic E-state index is 12.8. The van der Waals surface area contributed by atoms with E-state index in [2.05, 4.69) is 0 Å². The topological polar surface area (TPSA) is 81.2 Å². The molecule has 27 heavy (non-hydrogen) atoms. The molecule has 0 aliphatic carbocycles. The van der Waals surface area contributed by atoms with Crippen molar-refractivity contribution in [1.29, 1.82) is 0 Å². The van der Waals surface area contributed by atoms with Crippen LogP contribution in [0, 0.1) is 5.92 Å². The number of rotatable bonds is 4. The molecule has 2 fully saturated rings. The van der Waals surface area contributed by atoms with Gasteiger partial charge in [0.1, 0.15) is 0 Å². The Labute approximate surface area is 164 Å². The fourth-order valence-corrected chi connectivity index (χ4v) is 4.67. The molecule has 0 radical (unpaired) electrons. The Balaban J connectivity index is 1.62. The molecule has 10 heteroatoms. The molecular weight excluding hydrogens is 392 g/mol. The van der Waals surface area contributed by atoms with Crippen molar-refractivity contribution in [3.8, 4) is 0 Å². The van der Waals surface area contributed by atoms with Crippen molar-refractivity contribution in [2.45, 2.75) is 6.42 Å². The number of nitrogens with zero attached hydrogens (tertiary/aromatic N) is 4. The SMILES string of the molecule is CN(C)S(=O)(=O)N1CCN(C(=O)C2CC(=O)N(c3cccc(Cl)c3)C2)CC1. The molecule has 0 N–H and O–H groups in total. The van der Waals surface area contributed by atoms with Crippen LogP contribution in [0.25, 0.3) is 0 Å². The molecule has 0 saturated carbocycles. The van der Waals surface area contributed by atoms with E-state index < -0.39 is 16.1 Å². The van der Waals surface area contributed by atoms with Gasteiger partial charge in [0, 0.05) is 63.9 Å². The number of halogens is 1. The lowest BCUT2D eigenvalue weighted by Crippen LogP contribution is -2.54. The second kappa shape index (κ2) is 7.75. The third-order valence-corrected chi connectivity index (χ3v) is 7.11. The van der Waals surface area contributed by atoms with Crippen LogP contribution >= 0.6 is 11.6 Å². The van der Waals surface area contributed by atoms with Crippen molar-refractivity contribution in [2.75, 3.05) is 51.7 Å². The van der Waals surface area contributed by atoms with E-state index in [1.54, 1.807) is 34.1 Å². The molecule has 1 atom stereocenters. The molecule has 2 heterocycles. The highest BCUT2D eigenvalue weighted by Gasteiger charge is 2.39. The van der Waals surface area contributed by atoms with Gasteiger partial charge in [-0.3, -0.25) is 9.59 Å². The van der Waals surface area contributed by atoms with E-state index in [0.717, 1.165) is 0 Å². The molecule has 1 unspecified atom stereocenters. The Morgan fingerprint density at radius 3 is 2.44 bits per heavy atom. The Kier molecular flexibility index (Phi) is 5.76. The summed E-state index contributed by atoms with van der Waals surface area (Å²) in [6.07, 6.45) is 0.154. The first kappa shape index (κ1) is 20.1. The van der Waals surface area contributed by atoms with Gasteiger partial charge in [-0.2, -0.15) is 17.0 Å². The lowest BCUT2D eigenvalue weighted by molar-refractivity contribution is -0.137. The van der Waals surface area contributed by atoms with E-state index in [1.807, 2.05) is 0 Å². The van der Waals surface area contributed by atoms with E-state index in [0.29, 0.717) is 30.3 Å². The molecule has 1 aromatic carbocycles. The van der Waals surface area contributed by atoms with Crippen molar-refractivity contribution in [3.63, 3.8) is 0 Å². The number of anilines is 1. The second-order valence-corrected chi connectivity index (χ2v) is 9.48. The quantitative estimate of drug-likeness (QED) is 0.724. The summed E-state index contributed by atoms with van der Waals surface area (Å²) in [7, 11) is -0.497. The lowest BCUT2D eigenvalue weighted by Gasteiger charge is -2.36. The van der Waals surface area contributed by atoms with Crippen molar-refractivity contribution in [1.82, 2.24) is 13.5 Å². The lowest BCUT2D eigenvalue weighted by atomic mass is 10.1. The summed E-state index contributed by atoms with van der Waals surface area (Å²) in [6, 6.07) is 7.00. The zero-order chi connectivity index (χ0) is 19.8. The molecule has 0 aromatic heterocycles. The van der Waals surface area contributed by atoms with Crippen LogP contribution in [0.4, 0.5) is 5.69 Å². The third kappa shape index (κ3) is 4.11. The molecule has 1 aromatic rings. The summed E-state index contributed by atoms with van der Waals surface area (Å²) in [5, 5.41) is 0.535. The summed E-state index contributed by atoms with van der Waals surface area (Å²) < 4.78 is 26.9. The molecule has 2 aliphatic heterocycles. The van der Waals surface area contributed by atoms with Gasteiger partial charge in [0.2, 0.25) is 11.8 Å². The predicted molar refractivity (Wildman–Crippen MR) is 103 cm³/mol. The molecule has 0 spiro atoms. The van der Waals surface area contributed by atoms with Crippen molar-refractivity contribution < 1.29 is 18.0 Å². The fraction of sp³-hybridized carbons (Fsp3) is 0.529. The number of hydrogen-bond acceptors (Lipinski definition) is 4. The Morgan fingerprint density at radius 1 is 1.19 bits per heavy atom. The zero-order valence-electron chi connectivity index (χ0n) is 15.3. The van der Waals surface area contributed by atoms with Crippen molar-refractivity contribution >= 4 is 39.3 Å². The number of amides is 2. The van der Waals surface area contributed by atoms with Crippen LogP contribution < -0.4 is 4.90 Å². The molecule has 3 rings (SSSR count). The minimum atomic E-state index is -3.47. The summed E-state index contributed by atoms with van der Waals surface area (Å²) in [4.78, 5) is 28.4. The van der Waals surface area contributed by atoms with Crippen LogP contribution in [0.15, 0.2) is 24.3 Å². The Bertz CT molecular complexity index is 837. The van der Waals surface area contributed by atoms with Crippen molar-refractivity contribution in [2.24, 2.45) is 5.92 Å². The van der Waals surface area contributed by atoms with Gasteiger partial charge in [0.15, 0.2) is 0 Å². The summed E-state index contributed by atoms with van der Waals surface area (Å²) in [5.41, 5.74) is 0.685. The smallest absolute Gasteiger partial charge is 0.281 e. The van der Waals surface area contributed by atoms with Crippen molar-refractivity contribution in [3.05, 3.63) is 29.3 Å². The summed E-state index contributed by atoms with van der Waals surface area (Å²) >= 11 is 5.99. The van der Waals surface area contributed by atoms with Gasteiger partial charge in [-0.25, -0.2) is 0 Å². The van der Waals surface area contributed by atoms with Crippen LogP contribution in [0.2, 0.25) is 5.02 Å². The van der Waals surface area contributed by atoms with Gasteiger partial charge in [-0.1, -0.05) is 17.7 Å². The minimum Gasteiger partial charge on any atom is -0.340 e. The predicted octanol–water partition coefficient (Wildman–Crippen LogP) is 0.644. The standard InChI is InChI=1S/C17H23ClN4O4S/c1-19(2)27(25,26)21-8-6-20(7-9-21)17(24)13-10-16(23)22(12-13)15-5-3-4-14(18)11-15/h3-5,11,13H,6-10,12H2,1-2H3. The van der Waals surface area contributed by atoms with Crippen LogP contribution in [-0.4, -0.2) is 80.6 Å². The van der Waals surface area contributed by atoms with Crippen LogP contribution in [0.1, 0.15) is 6.42 Å². The third-order valence-electron chi connectivity index (χ3n) is 4.93. The molecule has 2 amide bonds. The molecule has 2 aliphatic rings. The first-order valence-electron chi connectivity index (χ1n) is 8.72. The number of carbonyl (C=O) groups is 2. The minimum absolute atomic E-state index is 0.102. The first-order valence-corrected chi connectivity index (χ1v) is 10.5. The Hall–Kier alpha value is -1.68. The van der Waals surface area contributed by atoms with Gasteiger partial charge in [0.25, 0.3) is 10.2 Å². The van der Waals surface area contributed by atoms with Crippen LogP contribution in [0.5, 0.6) is 0 Å². The van der Waals surface area contributed by atoms with E-state index >= 15 is 0 Å². The average molecular weight is 415 g/mol. The monoisotopic (exact) mass is 414 g/mol. The van der Waals surface area contributed by atoms with E-state index in [1.165, 1.54) is 22.7 Å². The molecular formula is C17H23ClN4O4S. The number of hydrogen-bond donors (Lipinski definition) is 0. The Morgan fingerprint density at radius 2 is 1.85 bits per heavy atom. The molecule has 0 bridgehead atoms. The maximum Gasteiger partial charge on any atom is 0.281 e. The molecule has 2 saturated heterocycles. The van der Waals surface area contributed by atoms with Gasteiger partial charge < -0.3 is 9.80 Å². The highest BCUT2D eigenvalue weighted by Crippen LogP contribution is 2.28. The average Bonchev–Trinajstić information content (AvgIpc) is 3.03. The summed E-state index contributed by atoms with van der Waals surface area (Å²) in [6.45, 7) is 1.48. The second-order valence-electron chi connectivity index (χ2n) is 6.90. The molecule has 8 nitrogen and oxygen atoms in total. The van der Waals surface area contributed by atoms with Gasteiger partial charge >= 0.3 is 0 Å². The van der Waals surface area contributed by atoms with Crippen LogP contribution in [0.3, 0.4) is 0 Å². The zero-order valence-corrected chi connectivity index (χ0v) is 16.9. The van der Waals surface area contributed by atoms with E-state index in [4.69, 9.17) is 11.6 Å². The molecule has 148 valence electrons. The van der Waals surface area contributed by atoms with Gasteiger partial charge in [-0.15, -0.1) is 0 Å². The van der Waals surface area contributed by atoms with Gasteiger partial charge in [-0.05, 0) is 18.2 Å². The van der Waals surface area contributed by atoms with Gasteiger partial charge in [0.05, 0.1) is 5.92 Å². The largest absolute Gasteiger partial charge is 0.340 e. The number of piperazine rings is 1.